The molecule has 134 valence electrons. The van der Waals surface area contributed by atoms with Gasteiger partial charge >= 0.3 is 5.63 Å². The number of furan rings is 1. The summed E-state index contributed by atoms with van der Waals surface area (Å²) in [5.41, 5.74) is -0.165. The first-order valence-electron chi connectivity index (χ1n) is 8.76. The number of aromatic hydroxyl groups is 1. The minimum atomic E-state index is -0.597. The smallest absolute Gasteiger partial charge is 0.348 e. The SMILES string of the molecule is O=c1oc2ccccc2c(O)c1C=NCC(c1ccco1)N1CCCC1. The van der Waals surface area contributed by atoms with Gasteiger partial charge in [-0.3, -0.25) is 9.89 Å². The lowest BCUT2D eigenvalue weighted by molar-refractivity contribution is 0.221. The minimum absolute atomic E-state index is 0.0263. The molecule has 1 aliphatic rings. The van der Waals surface area contributed by atoms with Crippen molar-refractivity contribution < 1.29 is 13.9 Å². The summed E-state index contributed by atoms with van der Waals surface area (Å²) in [6.45, 7) is 2.45. The van der Waals surface area contributed by atoms with Gasteiger partial charge in [0.25, 0.3) is 0 Å². The van der Waals surface area contributed by atoms with Crippen LogP contribution in [0.25, 0.3) is 11.0 Å². The van der Waals surface area contributed by atoms with Gasteiger partial charge in [0.05, 0.1) is 24.2 Å². The van der Waals surface area contributed by atoms with E-state index in [1.807, 2.05) is 12.1 Å². The Hall–Kier alpha value is -2.86. The molecule has 4 rings (SSSR count). The van der Waals surface area contributed by atoms with E-state index in [1.54, 1.807) is 30.5 Å². The number of fused-ring (bicyclic) bond motifs is 1. The quantitative estimate of drug-likeness (QED) is 0.563. The van der Waals surface area contributed by atoms with Crippen LogP contribution in [-0.4, -0.2) is 35.9 Å². The second-order valence-electron chi connectivity index (χ2n) is 6.42. The van der Waals surface area contributed by atoms with E-state index >= 15 is 0 Å². The molecule has 0 saturated carbocycles. The molecule has 0 radical (unpaired) electrons. The van der Waals surface area contributed by atoms with Gasteiger partial charge in [-0.1, -0.05) is 12.1 Å². The Morgan fingerprint density at radius 3 is 2.77 bits per heavy atom. The van der Waals surface area contributed by atoms with Gasteiger partial charge in [-0.15, -0.1) is 0 Å². The Morgan fingerprint density at radius 1 is 1.19 bits per heavy atom. The van der Waals surface area contributed by atoms with Crippen LogP contribution in [0.2, 0.25) is 0 Å². The fourth-order valence-corrected chi connectivity index (χ4v) is 3.43. The molecule has 3 heterocycles. The van der Waals surface area contributed by atoms with Crippen LogP contribution in [0.1, 0.15) is 30.2 Å². The summed E-state index contributed by atoms with van der Waals surface area (Å²) >= 11 is 0. The Morgan fingerprint density at radius 2 is 2.00 bits per heavy atom. The lowest BCUT2D eigenvalue weighted by atomic mass is 10.1. The monoisotopic (exact) mass is 352 g/mol. The summed E-state index contributed by atoms with van der Waals surface area (Å²) < 4.78 is 10.8. The second kappa shape index (κ2) is 7.17. The summed E-state index contributed by atoms with van der Waals surface area (Å²) in [4.78, 5) is 18.9. The summed E-state index contributed by atoms with van der Waals surface area (Å²) in [5.74, 6) is 0.759. The predicted octanol–water partition coefficient (Wildman–Crippen LogP) is 3.35. The molecular weight excluding hydrogens is 332 g/mol. The highest BCUT2D eigenvalue weighted by atomic mass is 16.4. The van der Waals surface area contributed by atoms with Crippen molar-refractivity contribution in [2.75, 3.05) is 19.6 Å². The molecular formula is C20H20N2O4. The summed E-state index contributed by atoms with van der Waals surface area (Å²) in [6, 6.07) is 10.7. The maximum atomic E-state index is 12.2. The van der Waals surface area contributed by atoms with Crippen molar-refractivity contribution in [2.24, 2.45) is 4.99 Å². The first-order valence-corrected chi connectivity index (χ1v) is 8.76. The van der Waals surface area contributed by atoms with Gasteiger partial charge in [0, 0.05) is 6.21 Å². The molecule has 6 heteroatoms. The molecule has 1 aliphatic heterocycles. The third kappa shape index (κ3) is 3.15. The molecule has 1 N–H and O–H groups in total. The highest BCUT2D eigenvalue weighted by Crippen LogP contribution is 2.27. The van der Waals surface area contributed by atoms with Crippen LogP contribution in [0.3, 0.4) is 0 Å². The van der Waals surface area contributed by atoms with Gasteiger partial charge in [-0.05, 0) is 50.2 Å². The zero-order chi connectivity index (χ0) is 17.9. The van der Waals surface area contributed by atoms with Crippen molar-refractivity contribution in [2.45, 2.75) is 18.9 Å². The van der Waals surface area contributed by atoms with Gasteiger partial charge in [0.2, 0.25) is 0 Å². The predicted molar refractivity (Wildman–Crippen MR) is 98.9 cm³/mol. The standard InChI is InChI=1S/C20H20N2O4/c23-19-14-6-1-2-7-17(14)26-20(24)15(19)12-21-13-16(18-8-5-11-25-18)22-9-3-4-10-22/h1-2,5-8,11-12,16,23H,3-4,9-10,13H2. The van der Waals surface area contributed by atoms with E-state index in [1.165, 1.54) is 6.21 Å². The molecule has 1 saturated heterocycles. The number of hydrogen-bond acceptors (Lipinski definition) is 6. The van der Waals surface area contributed by atoms with Crippen molar-refractivity contribution in [1.82, 2.24) is 4.90 Å². The molecule has 26 heavy (non-hydrogen) atoms. The van der Waals surface area contributed by atoms with E-state index in [9.17, 15) is 9.90 Å². The van der Waals surface area contributed by atoms with E-state index in [0.29, 0.717) is 17.5 Å². The fraction of sp³-hybridized carbons (Fsp3) is 0.300. The lowest BCUT2D eigenvalue weighted by Gasteiger charge is -2.24. The van der Waals surface area contributed by atoms with E-state index in [-0.39, 0.29) is 17.4 Å². The van der Waals surface area contributed by atoms with Gasteiger partial charge in [-0.25, -0.2) is 4.79 Å². The molecule has 1 unspecified atom stereocenters. The number of para-hydroxylation sites is 1. The topological polar surface area (TPSA) is 79.2 Å². The number of aliphatic imine (C=N–C) groups is 1. The maximum Gasteiger partial charge on any atom is 0.348 e. The molecule has 1 fully saturated rings. The van der Waals surface area contributed by atoms with Gasteiger partial charge in [0.15, 0.2) is 0 Å². The second-order valence-corrected chi connectivity index (χ2v) is 6.42. The fourth-order valence-electron chi connectivity index (χ4n) is 3.43. The molecule has 3 aromatic rings. The van der Waals surface area contributed by atoms with Gasteiger partial charge in [-0.2, -0.15) is 0 Å². The molecule has 0 spiro atoms. The van der Waals surface area contributed by atoms with Crippen LogP contribution >= 0.6 is 0 Å². The van der Waals surface area contributed by atoms with Crippen LogP contribution in [0.5, 0.6) is 5.75 Å². The first kappa shape index (κ1) is 16.6. The Labute approximate surface area is 150 Å². The van der Waals surface area contributed by atoms with E-state index < -0.39 is 5.63 Å². The summed E-state index contributed by atoms with van der Waals surface area (Å²) in [5, 5.41) is 10.9. The maximum absolute atomic E-state index is 12.2. The van der Waals surface area contributed by atoms with Crippen LogP contribution in [0.4, 0.5) is 0 Å². The average molecular weight is 352 g/mol. The number of rotatable bonds is 5. The molecule has 0 amide bonds. The number of hydrogen-bond donors (Lipinski definition) is 1. The number of nitrogens with zero attached hydrogens (tertiary/aromatic N) is 2. The van der Waals surface area contributed by atoms with Crippen molar-refractivity contribution in [3.05, 3.63) is 64.4 Å². The van der Waals surface area contributed by atoms with Crippen LogP contribution < -0.4 is 5.63 Å². The van der Waals surface area contributed by atoms with E-state index in [4.69, 9.17) is 8.83 Å². The largest absolute Gasteiger partial charge is 0.506 e. The minimum Gasteiger partial charge on any atom is -0.506 e. The number of likely N-dealkylation sites (tertiary alicyclic amines) is 1. The van der Waals surface area contributed by atoms with Crippen LogP contribution in [0.15, 0.2) is 61.3 Å². The summed E-state index contributed by atoms with van der Waals surface area (Å²) in [7, 11) is 0. The molecule has 6 nitrogen and oxygen atoms in total. The molecule has 2 aromatic heterocycles. The Bertz CT molecular complexity index is 969. The summed E-state index contributed by atoms with van der Waals surface area (Å²) in [6.07, 6.45) is 5.39. The zero-order valence-corrected chi connectivity index (χ0v) is 14.3. The highest BCUT2D eigenvalue weighted by molar-refractivity contribution is 5.93. The third-order valence-electron chi connectivity index (χ3n) is 4.77. The normalized spacial score (nSPS) is 16.6. The van der Waals surface area contributed by atoms with Crippen molar-refractivity contribution >= 4 is 17.2 Å². The van der Waals surface area contributed by atoms with E-state index in [0.717, 1.165) is 31.7 Å². The first-order chi connectivity index (χ1) is 12.7. The number of benzene rings is 1. The van der Waals surface area contributed by atoms with Gasteiger partial charge in [0.1, 0.15) is 22.7 Å². The van der Waals surface area contributed by atoms with Crippen LogP contribution in [-0.2, 0) is 0 Å². The Kier molecular flexibility index (Phi) is 4.58. The zero-order valence-electron chi connectivity index (χ0n) is 14.3. The van der Waals surface area contributed by atoms with Crippen molar-refractivity contribution in [3.8, 4) is 5.75 Å². The average Bonchev–Trinajstić information content (AvgIpc) is 3.35. The third-order valence-corrected chi connectivity index (χ3v) is 4.77. The molecule has 1 atom stereocenters. The molecule has 1 aromatic carbocycles. The highest BCUT2D eigenvalue weighted by Gasteiger charge is 2.25. The van der Waals surface area contributed by atoms with Crippen molar-refractivity contribution in [1.29, 1.82) is 0 Å². The molecule has 0 bridgehead atoms. The van der Waals surface area contributed by atoms with Crippen LogP contribution in [0, 0.1) is 0 Å². The molecule has 0 aliphatic carbocycles. The van der Waals surface area contributed by atoms with Crippen molar-refractivity contribution in [3.63, 3.8) is 0 Å². The Balaban J connectivity index is 1.61. The lowest BCUT2D eigenvalue weighted by Crippen LogP contribution is -2.27. The van der Waals surface area contributed by atoms with E-state index in [2.05, 4.69) is 9.89 Å². The van der Waals surface area contributed by atoms with Gasteiger partial charge < -0.3 is 13.9 Å².